The molecule has 1 amide bonds. The predicted molar refractivity (Wildman–Crippen MR) is 138 cm³/mol. The molecule has 1 aromatic carbocycles. The van der Waals surface area contributed by atoms with Gasteiger partial charge in [-0.1, -0.05) is 30.7 Å². The van der Waals surface area contributed by atoms with E-state index in [2.05, 4.69) is 40.5 Å². The largest absolute Gasteiger partial charge is 0.387 e. The second-order valence-corrected chi connectivity index (χ2v) is 11.0. The van der Waals surface area contributed by atoms with Gasteiger partial charge >= 0.3 is 0 Å². The van der Waals surface area contributed by atoms with Gasteiger partial charge in [0, 0.05) is 48.8 Å². The summed E-state index contributed by atoms with van der Waals surface area (Å²) in [6.45, 7) is 10.4. The quantitative estimate of drug-likeness (QED) is 0.673. The molecule has 188 valence electrons. The summed E-state index contributed by atoms with van der Waals surface area (Å²) in [4.78, 5) is 29.8. The molecule has 5 rings (SSSR count). The summed E-state index contributed by atoms with van der Waals surface area (Å²) in [6.07, 6.45) is 3.89. The molecular formula is C27H36ClN5O2. The fraction of sp³-hybridized carbons (Fsp3) is 0.593. The van der Waals surface area contributed by atoms with Gasteiger partial charge in [-0.05, 0) is 63.3 Å². The Bertz CT molecular complexity index is 1050. The molecule has 0 spiro atoms. The molecule has 0 unspecified atom stereocenters. The molecule has 4 atom stereocenters. The number of piperazine rings is 1. The van der Waals surface area contributed by atoms with Gasteiger partial charge in [0.05, 0.1) is 17.7 Å². The third kappa shape index (κ3) is 4.66. The van der Waals surface area contributed by atoms with E-state index in [-0.39, 0.29) is 23.8 Å². The Labute approximate surface area is 213 Å². The van der Waals surface area contributed by atoms with E-state index in [0.29, 0.717) is 30.6 Å². The Morgan fingerprint density at radius 1 is 1.09 bits per heavy atom. The molecule has 1 aromatic heterocycles. The maximum Gasteiger partial charge on any atom is 0.231 e. The van der Waals surface area contributed by atoms with E-state index in [1.165, 1.54) is 0 Å². The minimum atomic E-state index is -0.514. The number of amides is 1. The van der Waals surface area contributed by atoms with Crippen LogP contribution in [-0.4, -0.2) is 75.6 Å². The molecule has 2 aromatic rings. The van der Waals surface area contributed by atoms with Crippen LogP contribution in [-0.2, 0) is 4.79 Å². The normalized spacial score (nSPS) is 25.8. The van der Waals surface area contributed by atoms with Gasteiger partial charge in [-0.25, -0.2) is 9.97 Å². The Balaban J connectivity index is 1.35. The van der Waals surface area contributed by atoms with Crippen molar-refractivity contribution in [1.29, 1.82) is 0 Å². The average Bonchev–Trinajstić information content (AvgIpc) is 3.45. The molecule has 3 aliphatic rings. The van der Waals surface area contributed by atoms with Gasteiger partial charge in [0.1, 0.15) is 12.1 Å². The summed E-state index contributed by atoms with van der Waals surface area (Å²) in [5, 5.41) is 11.1. The number of aliphatic hydroxyl groups is 1. The Kier molecular flexibility index (Phi) is 7.02. The molecule has 1 aliphatic carbocycles. The number of benzene rings is 1. The number of carbonyl (C=O) groups is 1. The highest BCUT2D eigenvalue weighted by molar-refractivity contribution is 6.30. The first-order valence-corrected chi connectivity index (χ1v) is 13.3. The van der Waals surface area contributed by atoms with E-state index in [1.54, 1.807) is 6.33 Å². The molecule has 0 saturated carbocycles. The summed E-state index contributed by atoms with van der Waals surface area (Å²) in [5.74, 6) is 1.17. The van der Waals surface area contributed by atoms with Crippen LogP contribution < -0.4 is 4.90 Å². The maximum absolute atomic E-state index is 14.1. The first-order chi connectivity index (χ1) is 16.8. The Hall–Kier alpha value is -2.22. The lowest BCUT2D eigenvalue weighted by atomic mass is 9.87. The molecule has 0 radical (unpaired) electrons. The standard InChI is InChI=1S/C27H36ClN5O2/c1-17(2)33-10-4-5-21(33)24(19-6-8-20(28)9-7-19)27(35)32-13-11-31(12-14-32)26-23-18(3)15-22(34)25(23)29-16-30-26/h6-9,16-18,21-22,24,34H,4-5,10-15H2,1-3H3/t18-,21-,22+,24-/m0/s1. The lowest BCUT2D eigenvalue weighted by molar-refractivity contribution is -0.134. The van der Waals surface area contributed by atoms with Crippen LogP contribution in [0.3, 0.4) is 0 Å². The minimum absolute atomic E-state index is 0.192. The monoisotopic (exact) mass is 497 g/mol. The molecule has 2 aliphatic heterocycles. The highest BCUT2D eigenvalue weighted by atomic mass is 35.5. The number of fused-ring (bicyclic) bond motifs is 1. The summed E-state index contributed by atoms with van der Waals surface area (Å²) in [7, 11) is 0. The number of nitrogens with zero attached hydrogens (tertiary/aromatic N) is 5. The van der Waals surface area contributed by atoms with Crippen LogP contribution in [0.4, 0.5) is 5.82 Å². The number of halogens is 1. The molecule has 35 heavy (non-hydrogen) atoms. The van der Waals surface area contributed by atoms with Gasteiger partial charge in [0.25, 0.3) is 0 Å². The fourth-order valence-corrected chi connectivity index (χ4v) is 6.43. The molecule has 1 N–H and O–H groups in total. The van der Waals surface area contributed by atoms with Gasteiger partial charge in [0.15, 0.2) is 0 Å². The molecule has 2 saturated heterocycles. The lowest BCUT2D eigenvalue weighted by Gasteiger charge is -2.40. The van der Waals surface area contributed by atoms with Crippen molar-refractivity contribution < 1.29 is 9.90 Å². The predicted octanol–water partition coefficient (Wildman–Crippen LogP) is 3.98. The van der Waals surface area contributed by atoms with Crippen LogP contribution in [0.5, 0.6) is 0 Å². The number of aromatic nitrogens is 2. The van der Waals surface area contributed by atoms with Crippen molar-refractivity contribution in [1.82, 2.24) is 19.8 Å². The van der Waals surface area contributed by atoms with Crippen LogP contribution in [0.2, 0.25) is 5.02 Å². The highest BCUT2D eigenvalue weighted by Gasteiger charge is 2.41. The first-order valence-electron chi connectivity index (χ1n) is 12.9. The van der Waals surface area contributed by atoms with Crippen LogP contribution in [0.1, 0.15) is 74.8 Å². The molecule has 8 heteroatoms. The molecule has 7 nitrogen and oxygen atoms in total. The summed E-state index contributed by atoms with van der Waals surface area (Å²) in [5.41, 5.74) is 2.88. The second kappa shape index (κ2) is 10.0. The van der Waals surface area contributed by atoms with E-state index >= 15 is 0 Å². The van der Waals surface area contributed by atoms with E-state index in [0.717, 1.165) is 55.1 Å². The summed E-state index contributed by atoms with van der Waals surface area (Å²) >= 11 is 6.18. The molecule has 0 bridgehead atoms. The zero-order valence-electron chi connectivity index (χ0n) is 20.9. The number of rotatable bonds is 5. The zero-order valence-corrected chi connectivity index (χ0v) is 21.7. The lowest BCUT2D eigenvalue weighted by Crippen LogP contribution is -2.53. The number of hydrogen-bond donors (Lipinski definition) is 1. The van der Waals surface area contributed by atoms with Crippen molar-refractivity contribution in [2.45, 2.75) is 70.1 Å². The van der Waals surface area contributed by atoms with Crippen molar-refractivity contribution >= 4 is 23.3 Å². The third-order valence-corrected chi connectivity index (χ3v) is 8.31. The Morgan fingerprint density at radius 3 is 2.49 bits per heavy atom. The average molecular weight is 498 g/mol. The number of carbonyl (C=O) groups excluding carboxylic acids is 1. The maximum atomic E-state index is 14.1. The van der Waals surface area contributed by atoms with Gasteiger partial charge in [-0.2, -0.15) is 0 Å². The van der Waals surface area contributed by atoms with Crippen molar-refractivity contribution in [2.24, 2.45) is 0 Å². The fourth-order valence-electron chi connectivity index (χ4n) is 6.30. The minimum Gasteiger partial charge on any atom is -0.387 e. The van der Waals surface area contributed by atoms with E-state index in [1.807, 2.05) is 29.2 Å². The van der Waals surface area contributed by atoms with E-state index in [4.69, 9.17) is 11.6 Å². The topological polar surface area (TPSA) is 72.8 Å². The van der Waals surface area contributed by atoms with Gasteiger partial charge in [-0.15, -0.1) is 0 Å². The van der Waals surface area contributed by atoms with Crippen LogP contribution in [0.15, 0.2) is 30.6 Å². The van der Waals surface area contributed by atoms with Crippen molar-refractivity contribution in [3.05, 3.63) is 52.4 Å². The SMILES string of the molecule is CC(C)N1CCC[C@H]1[C@@H](C(=O)N1CCN(c2ncnc3c2[C@@H](C)C[C@H]3O)CC1)c1ccc(Cl)cc1. The number of likely N-dealkylation sites (tertiary alicyclic amines) is 1. The third-order valence-electron chi connectivity index (χ3n) is 8.06. The summed E-state index contributed by atoms with van der Waals surface area (Å²) < 4.78 is 0. The van der Waals surface area contributed by atoms with E-state index in [9.17, 15) is 9.90 Å². The van der Waals surface area contributed by atoms with Crippen molar-refractivity contribution in [3.63, 3.8) is 0 Å². The first kappa shape index (κ1) is 24.5. The number of hydrogen-bond acceptors (Lipinski definition) is 6. The van der Waals surface area contributed by atoms with Crippen LogP contribution in [0.25, 0.3) is 0 Å². The summed E-state index contributed by atoms with van der Waals surface area (Å²) in [6, 6.07) is 8.45. The van der Waals surface area contributed by atoms with Crippen LogP contribution >= 0.6 is 11.6 Å². The second-order valence-electron chi connectivity index (χ2n) is 10.5. The zero-order chi connectivity index (χ0) is 24.7. The number of anilines is 1. The number of aliphatic hydroxyl groups excluding tert-OH is 1. The van der Waals surface area contributed by atoms with Gasteiger partial charge in [0.2, 0.25) is 5.91 Å². The van der Waals surface area contributed by atoms with Crippen molar-refractivity contribution in [2.75, 3.05) is 37.6 Å². The Morgan fingerprint density at radius 2 is 1.80 bits per heavy atom. The van der Waals surface area contributed by atoms with Crippen LogP contribution in [0, 0.1) is 0 Å². The van der Waals surface area contributed by atoms with Gasteiger partial charge < -0.3 is 14.9 Å². The van der Waals surface area contributed by atoms with E-state index < -0.39 is 6.10 Å². The highest BCUT2D eigenvalue weighted by Crippen LogP contribution is 2.43. The van der Waals surface area contributed by atoms with Gasteiger partial charge in [-0.3, -0.25) is 9.69 Å². The molecular weight excluding hydrogens is 462 g/mol. The molecule has 2 fully saturated rings. The molecule has 3 heterocycles. The smallest absolute Gasteiger partial charge is 0.231 e. The van der Waals surface area contributed by atoms with Crippen molar-refractivity contribution in [3.8, 4) is 0 Å².